The number of aromatic nitrogens is 4. The van der Waals surface area contributed by atoms with Gasteiger partial charge in [-0.15, -0.1) is 10.2 Å². The zero-order valence-corrected chi connectivity index (χ0v) is 17.4. The Morgan fingerprint density at radius 1 is 1.23 bits per heavy atom. The highest BCUT2D eigenvalue weighted by molar-refractivity contribution is 8.00. The summed E-state index contributed by atoms with van der Waals surface area (Å²) >= 11 is 1.27. The Kier molecular flexibility index (Phi) is 4.97. The number of anilines is 1. The molecule has 1 aliphatic carbocycles. The minimum Gasteiger partial charge on any atom is -0.360 e. The second-order valence-corrected chi connectivity index (χ2v) is 8.84. The number of rotatable bonds is 6. The molecule has 31 heavy (non-hydrogen) atoms. The van der Waals surface area contributed by atoms with Gasteiger partial charge in [-0.25, -0.2) is 8.78 Å². The lowest BCUT2D eigenvalue weighted by molar-refractivity contribution is -0.115. The molecule has 1 fully saturated rings. The first-order valence-corrected chi connectivity index (χ1v) is 10.8. The van der Waals surface area contributed by atoms with Crippen molar-refractivity contribution in [3.63, 3.8) is 0 Å². The lowest BCUT2D eigenvalue weighted by Gasteiger charge is -2.13. The Morgan fingerprint density at radius 3 is 2.81 bits per heavy atom. The van der Waals surface area contributed by atoms with Gasteiger partial charge < -0.3 is 10.3 Å². The van der Waals surface area contributed by atoms with E-state index in [0.29, 0.717) is 11.2 Å². The van der Waals surface area contributed by atoms with E-state index < -0.39 is 22.8 Å². The van der Waals surface area contributed by atoms with Crippen molar-refractivity contribution in [2.24, 2.45) is 0 Å². The van der Waals surface area contributed by atoms with Crippen molar-refractivity contribution >= 4 is 34.3 Å². The number of hydrogen-bond acceptors (Lipinski definition) is 4. The molecule has 5 rings (SSSR count). The summed E-state index contributed by atoms with van der Waals surface area (Å²) in [5.74, 6) is -1.14. The molecular weight excluding hydrogens is 420 g/mol. The normalized spacial score (nSPS) is 14.7. The number of nitrogens with one attached hydrogen (secondary N) is 2. The molecule has 1 saturated carbocycles. The number of carbonyl (C=O) groups excluding carboxylic acids is 1. The Hall–Kier alpha value is -3.20. The van der Waals surface area contributed by atoms with Gasteiger partial charge in [0.1, 0.15) is 11.6 Å². The summed E-state index contributed by atoms with van der Waals surface area (Å²) in [6, 6.07) is 11.3. The van der Waals surface area contributed by atoms with Gasteiger partial charge in [0.15, 0.2) is 11.0 Å². The molecule has 2 aromatic heterocycles. The number of fused-ring (bicyclic) bond motifs is 1. The average Bonchev–Trinajstić information content (AvgIpc) is 3.37. The molecule has 1 atom stereocenters. The maximum atomic E-state index is 13.9. The minimum atomic E-state index is -0.812. The summed E-state index contributed by atoms with van der Waals surface area (Å²) in [5, 5.41) is 12.5. The van der Waals surface area contributed by atoms with Gasteiger partial charge in [0, 0.05) is 34.8 Å². The van der Waals surface area contributed by atoms with Gasteiger partial charge in [-0.05, 0) is 38.0 Å². The molecule has 0 spiro atoms. The van der Waals surface area contributed by atoms with Crippen molar-refractivity contribution in [1.82, 2.24) is 19.7 Å². The van der Waals surface area contributed by atoms with E-state index in [-0.39, 0.29) is 5.69 Å². The van der Waals surface area contributed by atoms with Crippen LogP contribution in [0.25, 0.3) is 22.3 Å². The molecule has 0 bridgehead atoms. The van der Waals surface area contributed by atoms with Crippen LogP contribution in [-0.4, -0.2) is 30.9 Å². The van der Waals surface area contributed by atoms with E-state index in [0.717, 1.165) is 47.3 Å². The van der Waals surface area contributed by atoms with Crippen LogP contribution in [0.3, 0.4) is 0 Å². The fraction of sp³-hybridized carbons (Fsp3) is 0.227. The van der Waals surface area contributed by atoms with Crippen molar-refractivity contribution in [3.05, 3.63) is 60.3 Å². The van der Waals surface area contributed by atoms with Gasteiger partial charge in [0.2, 0.25) is 5.91 Å². The number of carbonyl (C=O) groups is 1. The highest BCUT2D eigenvalue weighted by Gasteiger charge is 2.32. The Morgan fingerprint density at radius 2 is 2.03 bits per heavy atom. The molecule has 0 saturated heterocycles. The van der Waals surface area contributed by atoms with E-state index in [9.17, 15) is 13.6 Å². The van der Waals surface area contributed by atoms with Crippen molar-refractivity contribution in [3.8, 4) is 11.4 Å². The van der Waals surface area contributed by atoms with Gasteiger partial charge in [-0.3, -0.25) is 9.36 Å². The van der Waals surface area contributed by atoms with Crippen LogP contribution in [0.15, 0.2) is 53.8 Å². The highest BCUT2D eigenvalue weighted by Crippen LogP contribution is 2.42. The third kappa shape index (κ3) is 3.81. The average molecular weight is 439 g/mol. The lowest BCUT2D eigenvalue weighted by atomic mass is 10.1. The fourth-order valence-corrected chi connectivity index (χ4v) is 4.42. The van der Waals surface area contributed by atoms with Crippen LogP contribution in [0.2, 0.25) is 0 Å². The molecule has 2 heterocycles. The molecule has 4 aromatic rings. The quantitative estimate of drug-likeness (QED) is 0.407. The number of nitrogens with zero attached hydrogens (tertiary/aromatic N) is 3. The molecule has 2 N–H and O–H groups in total. The Balaban J connectivity index is 1.40. The summed E-state index contributed by atoms with van der Waals surface area (Å²) in [6.45, 7) is 1.72. The molecule has 2 aromatic carbocycles. The van der Waals surface area contributed by atoms with Gasteiger partial charge in [0.25, 0.3) is 0 Å². The van der Waals surface area contributed by atoms with Crippen molar-refractivity contribution in [1.29, 1.82) is 0 Å². The predicted octanol–water partition coefficient (Wildman–Crippen LogP) is 5.16. The van der Waals surface area contributed by atoms with E-state index in [4.69, 9.17) is 0 Å². The van der Waals surface area contributed by atoms with Crippen molar-refractivity contribution in [2.45, 2.75) is 36.2 Å². The molecule has 0 unspecified atom stereocenters. The minimum absolute atomic E-state index is 0.0537. The first-order valence-electron chi connectivity index (χ1n) is 9.95. The van der Waals surface area contributed by atoms with Gasteiger partial charge in [-0.2, -0.15) is 0 Å². The van der Waals surface area contributed by atoms with Crippen molar-refractivity contribution in [2.75, 3.05) is 5.32 Å². The maximum absolute atomic E-state index is 13.9. The smallest absolute Gasteiger partial charge is 0.237 e. The van der Waals surface area contributed by atoms with E-state index >= 15 is 0 Å². The second-order valence-electron chi connectivity index (χ2n) is 7.53. The van der Waals surface area contributed by atoms with Crippen LogP contribution in [0.5, 0.6) is 0 Å². The standard InChI is InChI=1S/C22H19F2N5OS/c1-12(21(30)26-19-9-6-13(23)10-17(19)24)31-22-28-27-20(29(22)14-7-8-14)16-11-25-18-5-3-2-4-15(16)18/h2-6,9-12,14,25H,7-8H2,1H3,(H,26,30)/t12-/m0/s1. The lowest BCUT2D eigenvalue weighted by Crippen LogP contribution is -2.23. The topological polar surface area (TPSA) is 75.6 Å². The number of H-pyrrole nitrogens is 1. The monoisotopic (exact) mass is 439 g/mol. The summed E-state index contributed by atoms with van der Waals surface area (Å²) in [5.41, 5.74) is 1.93. The van der Waals surface area contributed by atoms with Crippen molar-refractivity contribution < 1.29 is 13.6 Å². The van der Waals surface area contributed by atoms with Crippen LogP contribution in [0.4, 0.5) is 14.5 Å². The summed E-state index contributed by atoms with van der Waals surface area (Å²) in [7, 11) is 0. The van der Waals surface area contributed by atoms with Gasteiger partial charge in [-0.1, -0.05) is 30.0 Å². The molecule has 1 amide bonds. The van der Waals surface area contributed by atoms with E-state index in [1.807, 2.05) is 30.5 Å². The molecule has 1 aliphatic rings. The van der Waals surface area contributed by atoms with Crippen LogP contribution in [0.1, 0.15) is 25.8 Å². The zero-order valence-electron chi connectivity index (χ0n) is 16.6. The summed E-state index contributed by atoms with van der Waals surface area (Å²) < 4.78 is 29.1. The van der Waals surface area contributed by atoms with E-state index in [1.165, 1.54) is 17.8 Å². The third-order valence-electron chi connectivity index (χ3n) is 5.25. The summed E-state index contributed by atoms with van der Waals surface area (Å²) in [4.78, 5) is 15.9. The number of benzene rings is 2. The third-order valence-corrected chi connectivity index (χ3v) is 6.30. The van der Waals surface area contributed by atoms with Crippen LogP contribution < -0.4 is 5.32 Å². The van der Waals surface area contributed by atoms with Crippen LogP contribution >= 0.6 is 11.8 Å². The molecule has 158 valence electrons. The number of thioether (sulfide) groups is 1. The number of hydrogen-bond donors (Lipinski definition) is 2. The van der Waals surface area contributed by atoms with E-state index in [1.54, 1.807) is 6.92 Å². The number of amides is 1. The molecular formula is C22H19F2N5OS. The SMILES string of the molecule is C[C@H](Sc1nnc(-c2c[nH]c3ccccc23)n1C1CC1)C(=O)Nc1ccc(F)cc1F. The predicted molar refractivity (Wildman–Crippen MR) is 116 cm³/mol. The van der Waals surface area contributed by atoms with E-state index in [2.05, 4.69) is 25.1 Å². The molecule has 9 heteroatoms. The largest absolute Gasteiger partial charge is 0.360 e. The zero-order chi connectivity index (χ0) is 21.5. The first-order chi connectivity index (χ1) is 15.0. The summed E-state index contributed by atoms with van der Waals surface area (Å²) in [6.07, 6.45) is 3.99. The van der Waals surface area contributed by atoms with Gasteiger partial charge in [0.05, 0.1) is 10.9 Å². The number of halogens is 2. The molecule has 0 radical (unpaired) electrons. The fourth-order valence-electron chi connectivity index (χ4n) is 3.50. The number of aromatic amines is 1. The first kappa shape index (κ1) is 19.7. The Bertz CT molecular complexity index is 1280. The Labute approximate surface area is 181 Å². The maximum Gasteiger partial charge on any atom is 0.237 e. The van der Waals surface area contributed by atoms with Crippen LogP contribution in [0, 0.1) is 11.6 Å². The van der Waals surface area contributed by atoms with Gasteiger partial charge >= 0.3 is 0 Å². The molecule has 6 nitrogen and oxygen atoms in total. The second kappa shape index (κ2) is 7.81. The highest BCUT2D eigenvalue weighted by atomic mass is 32.2. The molecule has 0 aliphatic heterocycles. The van der Waals surface area contributed by atoms with Crippen LogP contribution in [-0.2, 0) is 4.79 Å². The number of para-hydroxylation sites is 1.